The van der Waals surface area contributed by atoms with Crippen molar-refractivity contribution in [2.45, 2.75) is 296 Å². The normalized spacial score (nSPS) is 12.8. The van der Waals surface area contributed by atoms with Crippen LogP contribution in [0.3, 0.4) is 0 Å². The largest absolute Gasteiger partial charge is 0.466 e. The van der Waals surface area contributed by atoms with Crippen molar-refractivity contribution in [3.63, 3.8) is 0 Å². The molecule has 0 heterocycles. The second-order valence-electron chi connectivity index (χ2n) is 18.2. The molecule has 2 unspecified atom stereocenters. The van der Waals surface area contributed by atoms with Crippen LogP contribution < -0.4 is 5.32 Å². The Balaban J connectivity index is 3.46. The lowest BCUT2D eigenvalue weighted by Gasteiger charge is -2.22. The van der Waals surface area contributed by atoms with Gasteiger partial charge in [-0.05, 0) is 57.8 Å². The van der Waals surface area contributed by atoms with Gasteiger partial charge in [-0.1, -0.05) is 237 Å². The number of rotatable bonds is 49. The summed E-state index contributed by atoms with van der Waals surface area (Å²) in [7, 11) is 0. The zero-order valence-electron chi connectivity index (χ0n) is 40.2. The molecule has 0 spiro atoms. The number of carbonyl (C=O) groups excluding carboxylic acids is 2. The average Bonchev–Trinajstić information content (AvgIpc) is 3.25. The van der Waals surface area contributed by atoms with Crippen molar-refractivity contribution < 1.29 is 24.5 Å². The highest BCUT2D eigenvalue weighted by molar-refractivity contribution is 5.76. The number of allylic oxidation sites excluding steroid dienone is 4. The van der Waals surface area contributed by atoms with Gasteiger partial charge in [-0.25, -0.2) is 0 Å². The molecule has 354 valence electrons. The first-order chi connectivity index (χ1) is 29.5. The van der Waals surface area contributed by atoms with E-state index in [0.29, 0.717) is 25.9 Å². The van der Waals surface area contributed by atoms with Crippen molar-refractivity contribution in [1.29, 1.82) is 0 Å². The van der Waals surface area contributed by atoms with Crippen LogP contribution in [0.5, 0.6) is 0 Å². The number of unbranched alkanes of at least 4 members (excludes halogenated alkanes) is 34. The first kappa shape index (κ1) is 58.3. The van der Waals surface area contributed by atoms with Crippen LogP contribution in [-0.2, 0) is 14.3 Å². The molecule has 60 heavy (non-hydrogen) atoms. The molecular weight excluding hydrogens is 743 g/mol. The van der Waals surface area contributed by atoms with E-state index >= 15 is 0 Å². The van der Waals surface area contributed by atoms with E-state index in [1.54, 1.807) is 0 Å². The van der Waals surface area contributed by atoms with Gasteiger partial charge < -0.3 is 20.3 Å². The summed E-state index contributed by atoms with van der Waals surface area (Å²) >= 11 is 0. The molecule has 0 radical (unpaired) electrons. The molecule has 0 aromatic carbocycles. The molecule has 0 saturated carbocycles. The number of nitrogens with one attached hydrogen (secondary N) is 1. The Morgan fingerprint density at radius 1 is 0.467 bits per heavy atom. The lowest BCUT2D eigenvalue weighted by atomic mass is 10.0. The maximum atomic E-state index is 12.4. The van der Waals surface area contributed by atoms with Crippen molar-refractivity contribution in [2.75, 3.05) is 13.2 Å². The summed E-state index contributed by atoms with van der Waals surface area (Å²) in [5, 5.41) is 23.2. The van der Waals surface area contributed by atoms with E-state index in [2.05, 4.69) is 43.5 Å². The van der Waals surface area contributed by atoms with Crippen molar-refractivity contribution in [1.82, 2.24) is 5.32 Å². The fourth-order valence-electron chi connectivity index (χ4n) is 8.14. The molecule has 0 saturated heterocycles. The molecule has 0 aliphatic heterocycles. The molecule has 6 nitrogen and oxygen atoms in total. The molecule has 2 atom stereocenters. The van der Waals surface area contributed by atoms with Gasteiger partial charge in [0.15, 0.2) is 0 Å². The SMILES string of the molecule is CCCCC/C=C\C/C=C\CCCCCCCCCCCC(=O)OCCCCCCCCCCCCC(=O)NC(CO)C(O)CCCCCCCCCCCCCCCC. The number of aliphatic hydroxyl groups is 2. The van der Waals surface area contributed by atoms with E-state index in [9.17, 15) is 19.8 Å². The summed E-state index contributed by atoms with van der Waals surface area (Å²) in [4.78, 5) is 24.5. The first-order valence-corrected chi connectivity index (χ1v) is 26.6. The van der Waals surface area contributed by atoms with Gasteiger partial charge in [-0.2, -0.15) is 0 Å². The average molecular weight is 846 g/mol. The molecule has 1 amide bonds. The van der Waals surface area contributed by atoms with Gasteiger partial charge in [-0.3, -0.25) is 9.59 Å². The van der Waals surface area contributed by atoms with Gasteiger partial charge in [0.1, 0.15) is 0 Å². The Morgan fingerprint density at radius 3 is 1.30 bits per heavy atom. The smallest absolute Gasteiger partial charge is 0.305 e. The summed E-state index contributed by atoms with van der Waals surface area (Å²) in [5.74, 6) is -0.0800. The van der Waals surface area contributed by atoms with E-state index in [-0.39, 0.29) is 18.5 Å². The lowest BCUT2D eigenvalue weighted by molar-refractivity contribution is -0.143. The molecule has 0 aromatic heterocycles. The molecule has 0 bridgehead atoms. The Hall–Kier alpha value is -1.66. The van der Waals surface area contributed by atoms with E-state index in [4.69, 9.17) is 4.74 Å². The summed E-state index contributed by atoms with van der Waals surface area (Å²) in [6.07, 6.45) is 58.6. The van der Waals surface area contributed by atoms with Crippen LogP contribution in [0.2, 0.25) is 0 Å². The topological polar surface area (TPSA) is 95.9 Å². The second-order valence-corrected chi connectivity index (χ2v) is 18.2. The Morgan fingerprint density at radius 2 is 0.833 bits per heavy atom. The molecule has 0 aromatic rings. The highest BCUT2D eigenvalue weighted by atomic mass is 16.5. The van der Waals surface area contributed by atoms with Crippen LogP contribution in [0, 0.1) is 0 Å². The number of ether oxygens (including phenoxy) is 1. The van der Waals surface area contributed by atoms with Crippen LogP contribution >= 0.6 is 0 Å². The molecular formula is C54H103NO5. The molecule has 0 aliphatic rings. The number of hydrogen-bond donors (Lipinski definition) is 3. The van der Waals surface area contributed by atoms with E-state index in [1.807, 2.05) is 0 Å². The lowest BCUT2D eigenvalue weighted by Crippen LogP contribution is -2.45. The Bertz CT molecular complexity index is 935. The van der Waals surface area contributed by atoms with E-state index in [1.165, 1.54) is 186 Å². The Labute approximate surface area is 373 Å². The maximum Gasteiger partial charge on any atom is 0.305 e. The van der Waals surface area contributed by atoms with Gasteiger partial charge in [-0.15, -0.1) is 0 Å². The molecule has 0 rings (SSSR count). The van der Waals surface area contributed by atoms with Crippen LogP contribution in [0.15, 0.2) is 24.3 Å². The third kappa shape index (κ3) is 45.9. The highest BCUT2D eigenvalue weighted by Crippen LogP contribution is 2.16. The second kappa shape index (κ2) is 50.0. The van der Waals surface area contributed by atoms with Gasteiger partial charge in [0.25, 0.3) is 0 Å². The van der Waals surface area contributed by atoms with Gasteiger partial charge >= 0.3 is 5.97 Å². The summed E-state index contributed by atoms with van der Waals surface area (Å²) in [6.45, 7) is 4.88. The van der Waals surface area contributed by atoms with Gasteiger partial charge in [0.05, 0.1) is 25.4 Å². The quantitative estimate of drug-likeness (QED) is 0.0322. The standard InChI is InChI=1S/C54H103NO5/c1-3-5-7-9-11-13-15-17-19-20-21-22-23-25-27-32-36-40-44-48-54(59)60-49-45-41-37-33-29-28-31-35-39-43-47-53(58)55-51(50-56)52(57)46-42-38-34-30-26-24-18-16-14-12-10-8-6-4-2/h11,13,17,19,51-52,56-57H,3-10,12,14-16,18,20-50H2,1-2H3,(H,55,58)/b13-11-,19-17-. The third-order valence-electron chi connectivity index (χ3n) is 12.3. The minimum absolute atomic E-state index is 0.0225. The zero-order chi connectivity index (χ0) is 43.7. The molecule has 3 N–H and O–H groups in total. The van der Waals surface area contributed by atoms with Crippen molar-refractivity contribution >= 4 is 11.9 Å². The maximum absolute atomic E-state index is 12.4. The fraction of sp³-hybridized carbons (Fsp3) is 0.889. The van der Waals surface area contributed by atoms with Crippen LogP contribution in [0.4, 0.5) is 0 Å². The number of amides is 1. The summed E-state index contributed by atoms with van der Waals surface area (Å²) in [5.41, 5.74) is 0. The first-order valence-electron chi connectivity index (χ1n) is 26.6. The minimum Gasteiger partial charge on any atom is -0.466 e. The zero-order valence-corrected chi connectivity index (χ0v) is 40.2. The molecule has 0 aliphatic carbocycles. The summed E-state index contributed by atoms with van der Waals surface area (Å²) in [6, 6.07) is -0.558. The number of carbonyl (C=O) groups is 2. The predicted octanol–water partition coefficient (Wildman–Crippen LogP) is 15.9. The van der Waals surface area contributed by atoms with Crippen LogP contribution in [0.25, 0.3) is 0 Å². The summed E-state index contributed by atoms with van der Waals surface area (Å²) < 4.78 is 5.47. The number of hydrogen-bond acceptors (Lipinski definition) is 5. The van der Waals surface area contributed by atoms with Crippen molar-refractivity contribution in [3.8, 4) is 0 Å². The monoisotopic (exact) mass is 846 g/mol. The van der Waals surface area contributed by atoms with Gasteiger partial charge in [0.2, 0.25) is 5.91 Å². The number of esters is 1. The van der Waals surface area contributed by atoms with E-state index in [0.717, 1.165) is 64.2 Å². The van der Waals surface area contributed by atoms with E-state index < -0.39 is 12.1 Å². The minimum atomic E-state index is -0.678. The third-order valence-corrected chi connectivity index (χ3v) is 12.3. The van der Waals surface area contributed by atoms with Crippen molar-refractivity contribution in [3.05, 3.63) is 24.3 Å². The Kier molecular flexibility index (Phi) is 48.6. The van der Waals surface area contributed by atoms with Crippen LogP contribution in [0.1, 0.15) is 284 Å². The molecule has 6 heteroatoms. The highest BCUT2D eigenvalue weighted by Gasteiger charge is 2.20. The van der Waals surface area contributed by atoms with Gasteiger partial charge in [0, 0.05) is 12.8 Å². The van der Waals surface area contributed by atoms with Crippen LogP contribution in [-0.4, -0.2) is 47.4 Å². The fourth-order valence-corrected chi connectivity index (χ4v) is 8.14. The number of aliphatic hydroxyl groups excluding tert-OH is 2. The molecule has 0 fully saturated rings. The van der Waals surface area contributed by atoms with Crippen molar-refractivity contribution in [2.24, 2.45) is 0 Å². The predicted molar refractivity (Wildman–Crippen MR) is 260 cm³/mol.